The molecule has 2 heterocycles. The Labute approximate surface area is 136 Å². The molecule has 3 rings (SSSR count). The molecule has 7 nitrogen and oxygen atoms in total. The van der Waals surface area contributed by atoms with E-state index in [1.54, 1.807) is 6.92 Å². The molecule has 3 N–H and O–H groups in total. The Balaban J connectivity index is 2.11. The number of imidazole rings is 1. The van der Waals surface area contributed by atoms with Crippen molar-refractivity contribution in [2.24, 2.45) is 5.73 Å². The molecule has 2 aromatic rings. The highest BCUT2D eigenvalue weighted by Crippen LogP contribution is 2.40. The third-order valence-corrected chi connectivity index (χ3v) is 3.54. The van der Waals surface area contributed by atoms with Gasteiger partial charge in [0, 0.05) is 0 Å². The van der Waals surface area contributed by atoms with Gasteiger partial charge in [0.05, 0.1) is 18.2 Å². The van der Waals surface area contributed by atoms with Crippen molar-refractivity contribution in [2.45, 2.75) is 12.8 Å². The van der Waals surface area contributed by atoms with Crippen LogP contribution in [0, 0.1) is 17.1 Å². The van der Waals surface area contributed by atoms with Crippen LogP contribution in [0.2, 0.25) is 0 Å². The molecule has 0 saturated heterocycles. The number of hydrogen-bond donors (Lipinski definition) is 2. The summed E-state index contributed by atoms with van der Waals surface area (Å²) in [6.07, 6.45) is 0. The summed E-state index contributed by atoms with van der Waals surface area (Å²) >= 11 is 0. The summed E-state index contributed by atoms with van der Waals surface area (Å²) in [5.41, 5.74) is 6.94. The van der Waals surface area contributed by atoms with Crippen LogP contribution in [0.5, 0.6) is 5.88 Å². The van der Waals surface area contributed by atoms with E-state index in [-0.39, 0.29) is 29.8 Å². The lowest BCUT2D eigenvalue weighted by Crippen LogP contribution is -2.21. The van der Waals surface area contributed by atoms with Gasteiger partial charge in [0.15, 0.2) is 0 Å². The van der Waals surface area contributed by atoms with Gasteiger partial charge in [0.25, 0.3) is 0 Å². The molecule has 1 atom stereocenters. The Morgan fingerprint density at radius 1 is 1.50 bits per heavy atom. The predicted octanol–water partition coefficient (Wildman–Crippen LogP) is 1.94. The zero-order chi connectivity index (χ0) is 17.3. The number of nitriles is 1. The number of carbonyl (C=O) groups excluding carboxylic acids is 1. The molecule has 0 bridgehead atoms. The Kier molecular flexibility index (Phi) is 3.92. The molecule has 1 aromatic heterocycles. The second-order valence-electron chi connectivity index (χ2n) is 5.00. The Bertz CT molecular complexity index is 864. The fourth-order valence-corrected chi connectivity index (χ4v) is 2.49. The molecular formula is C16H13FN4O3. The van der Waals surface area contributed by atoms with Gasteiger partial charge >= 0.3 is 5.97 Å². The zero-order valence-corrected chi connectivity index (χ0v) is 12.7. The molecule has 1 aromatic carbocycles. The summed E-state index contributed by atoms with van der Waals surface area (Å²) in [5, 5.41) is 9.41. The van der Waals surface area contributed by atoms with Crippen LogP contribution in [0.1, 0.15) is 34.7 Å². The molecule has 0 spiro atoms. The first-order chi connectivity index (χ1) is 11.5. The molecule has 24 heavy (non-hydrogen) atoms. The van der Waals surface area contributed by atoms with Crippen molar-refractivity contribution in [3.63, 3.8) is 0 Å². The highest BCUT2D eigenvalue weighted by Gasteiger charge is 2.34. The van der Waals surface area contributed by atoms with Gasteiger partial charge in [-0.25, -0.2) is 9.18 Å². The van der Waals surface area contributed by atoms with Gasteiger partial charge in [-0.2, -0.15) is 10.2 Å². The van der Waals surface area contributed by atoms with Gasteiger partial charge in [-0.05, 0) is 24.6 Å². The maximum Gasteiger partial charge on any atom is 0.374 e. The molecule has 0 saturated carbocycles. The number of halogens is 1. The standard InChI is InChI=1S/C16H13FN4O3/c1-2-23-16(22)14-20-12-11(8-3-5-9(17)6-4-8)10(7-18)13(19)24-15(12)21-14/h3-6,11H,2,19H2,1H3,(H,20,21). The number of nitrogens with zero attached hydrogens (tertiary/aromatic N) is 2. The maximum absolute atomic E-state index is 13.2. The minimum atomic E-state index is -0.648. The summed E-state index contributed by atoms with van der Waals surface area (Å²) in [6.45, 7) is 1.86. The number of aromatic nitrogens is 2. The smallest absolute Gasteiger partial charge is 0.374 e. The number of ether oxygens (including phenoxy) is 2. The minimum Gasteiger partial charge on any atom is -0.460 e. The number of esters is 1. The van der Waals surface area contributed by atoms with Gasteiger partial charge in [-0.1, -0.05) is 12.1 Å². The van der Waals surface area contributed by atoms with Gasteiger partial charge in [0.1, 0.15) is 17.5 Å². The van der Waals surface area contributed by atoms with Gasteiger partial charge in [-0.15, -0.1) is 0 Å². The number of hydrogen-bond acceptors (Lipinski definition) is 6. The number of carbonyl (C=O) groups is 1. The third-order valence-electron chi connectivity index (χ3n) is 3.54. The van der Waals surface area contributed by atoms with E-state index in [2.05, 4.69) is 9.97 Å². The molecular weight excluding hydrogens is 315 g/mol. The largest absolute Gasteiger partial charge is 0.460 e. The van der Waals surface area contributed by atoms with E-state index < -0.39 is 17.7 Å². The number of fused-ring (bicyclic) bond motifs is 1. The van der Waals surface area contributed by atoms with Crippen LogP contribution in [0.4, 0.5) is 4.39 Å². The number of H-pyrrole nitrogens is 1. The molecule has 0 radical (unpaired) electrons. The Hall–Kier alpha value is -3.34. The number of allylic oxidation sites excluding steroid dienone is 1. The second kappa shape index (κ2) is 6.04. The highest BCUT2D eigenvalue weighted by molar-refractivity contribution is 5.85. The monoisotopic (exact) mass is 328 g/mol. The first-order valence-electron chi connectivity index (χ1n) is 7.15. The number of rotatable bonds is 3. The number of benzene rings is 1. The van der Waals surface area contributed by atoms with E-state index in [4.69, 9.17) is 15.2 Å². The van der Waals surface area contributed by atoms with Crippen LogP contribution in [0.25, 0.3) is 0 Å². The van der Waals surface area contributed by atoms with Crippen LogP contribution < -0.4 is 10.5 Å². The van der Waals surface area contributed by atoms with Crippen molar-refractivity contribution in [1.29, 1.82) is 5.26 Å². The lowest BCUT2D eigenvalue weighted by Gasteiger charge is -2.22. The maximum atomic E-state index is 13.2. The molecule has 1 aliphatic heterocycles. The fraction of sp³-hybridized carbons (Fsp3) is 0.188. The zero-order valence-electron chi connectivity index (χ0n) is 12.7. The molecule has 122 valence electrons. The van der Waals surface area contributed by atoms with Gasteiger partial charge in [0.2, 0.25) is 17.6 Å². The third kappa shape index (κ3) is 2.56. The highest BCUT2D eigenvalue weighted by atomic mass is 19.1. The molecule has 8 heteroatoms. The van der Waals surface area contributed by atoms with E-state index >= 15 is 0 Å². The van der Waals surface area contributed by atoms with E-state index in [9.17, 15) is 14.4 Å². The van der Waals surface area contributed by atoms with Crippen LogP contribution in [0.3, 0.4) is 0 Å². The average Bonchev–Trinajstić information content (AvgIpc) is 2.98. The number of nitrogens with one attached hydrogen (secondary N) is 1. The van der Waals surface area contributed by atoms with Crippen LogP contribution in [-0.2, 0) is 4.74 Å². The quantitative estimate of drug-likeness (QED) is 0.832. The molecule has 0 amide bonds. The fourth-order valence-electron chi connectivity index (χ4n) is 2.49. The summed E-state index contributed by atoms with van der Waals surface area (Å²) in [4.78, 5) is 18.7. The Morgan fingerprint density at radius 2 is 2.21 bits per heavy atom. The predicted molar refractivity (Wildman–Crippen MR) is 80.2 cm³/mol. The van der Waals surface area contributed by atoms with Crippen LogP contribution in [-0.4, -0.2) is 22.5 Å². The van der Waals surface area contributed by atoms with E-state index in [1.165, 1.54) is 24.3 Å². The first-order valence-corrected chi connectivity index (χ1v) is 7.15. The van der Waals surface area contributed by atoms with Crippen molar-refractivity contribution in [1.82, 2.24) is 9.97 Å². The SMILES string of the molecule is CCOC(=O)c1nc2c([nH]1)C(c1ccc(F)cc1)C(C#N)=C(N)O2. The Morgan fingerprint density at radius 3 is 2.83 bits per heavy atom. The van der Waals surface area contributed by atoms with Gasteiger partial charge in [-0.3, -0.25) is 0 Å². The normalized spacial score (nSPS) is 16.1. The summed E-state index contributed by atoms with van der Waals surface area (Å²) in [6, 6.07) is 7.61. The van der Waals surface area contributed by atoms with Crippen molar-refractivity contribution in [3.8, 4) is 11.9 Å². The van der Waals surface area contributed by atoms with Crippen molar-refractivity contribution in [3.05, 3.63) is 58.6 Å². The molecule has 0 aliphatic carbocycles. The van der Waals surface area contributed by atoms with E-state index in [0.29, 0.717) is 11.3 Å². The van der Waals surface area contributed by atoms with Crippen LogP contribution in [0.15, 0.2) is 35.7 Å². The van der Waals surface area contributed by atoms with Crippen molar-refractivity contribution < 1.29 is 18.7 Å². The average molecular weight is 328 g/mol. The van der Waals surface area contributed by atoms with Gasteiger partial charge < -0.3 is 20.2 Å². The lowest BCUT2D eigenvalue weighted by atomic mass is 9.88. The number of aromatic amines is 1. The summed E-state index contributed by atoms with van der Waals surface area (Å²) < 4.78 is 23.4. The lowest BCUT2D eigenvalue weighted by molar-refractivity contribution is 0.0512. The van der Waals surface area contributed by atoms with Crippen molar-refractivity contribution in [2.75, 3.05) is 6.61 Å². The van der Waals surface area contributed by atoms with Crippen molar-refractivity contribution >= 4 is 5.97 Å². The summed E-state index contributed by atoms with van der Waals surface area (Å²) in [7, 11) is 0. The molecule has 1 unspecified atom stereocenters. The molecule has 1 aliphatic rings. The minimum absolute atomic E-state index is 0.0547. The second-order valence-corrected chi connectivity index (χ2v) is 5.00. The number of nitrogens with two attached hydrogens (primary N) is 1. The van der Waals surface area contributed by atoms with E-state index in [1.807, 2.05) is 6.07 Å². The molecule has 0 fully saturated rings. The summed E-state index contributed by atoms with van der Waals surface area (Å²) in [5.74, 6) is -1.77. The first kappa shape index (κ1) is 15.6. The topological polar surface area (TPSA) is 114 Å². The van der Waals surface area contributed by atoms with Crippen LogP contribution >= 0.6 is 0 Å². The van der Waals surface area contributed by atoms with E-state index in [0.717, 1.165) is 0 Å².